The van der Waals surface area contributed by atoms with Crippen molar-refractivity contribution in [1.82, 2.24) is 0 Å². The van der Waals surface area contributed by atoms with Crippen LogP contribution >= 0.6 is 11.6 Å². The summed E-state index contributed by atoms with van der Waals surface area (Å²) in [5, 5.41) is 0.684. The first-order chi connectivity index (χ1) is 8.20. The van der Waals surface area contributed by atoms with Gasteiger partial charge in [0.2, 0.25) is 0 Å². The van der Waals surface area contributed by atoms with Crippen LogP contribution in [0.15, 0.2) is 18.2 Å². The minimum absolute atomic E-state index is 0.684. The van der Waals surface area contributed by atoms with Crippen LogP contribution < -0.4 is 4.90 Å². The first-order valence-electron chi connectivity index (χ1n) is 6.16. The number of hydrogen-bond acceptors (Lipinski definition) is 2. The van der Waals surface area contributed by atoms with E-state index in [-0.39, 0.29) is 0 Å². The Balaban J connectivity index is 2.13. The van der Waals surface area contributed by atoms with Crippen molar-refractivity contribution in [2.75, 3.05) is 18.5 Å². The van der Waals surface area contributed by atoms with Crippen LogP contribution in [0, 0.1) is 5.92 Å². The lowest BCUT2D eigenvalue weighted by Gasteiger charge is -2.24. The maximum absolute atomic E-state index is 11.0. The number of rotatable bonds is 4. The molecule has 3 heteroatoms. The van der Waals surface area contributed by atoms with E-state index >= 15 is 0 Å². The Hall–Kier alpha value is -1.02. The largest absolute Gasteiger partial charge is 0.374 e. The standard InChI is InChI=1S/C14H18ClNO/c1-16(9-11-4-2-3-5-11)14-8-13(15)7-6-12(14)10-17/h6-8,10-11H,2-5,9H2,1H3. The van der Waals surface area contributed by atoms with Gasteiger partial charge in [-0.25, -0.2) is 0 Å². The lowest BCUT2D eigenvalue weighted by Crippen LogP contribution is -2.25. The van der Waals surface area contributed by atoms with E-state index in [9.17, 15) is 4.79 Å². The molecule has 1 saturated carbocycles. The molecule has 2 nitrogen and oxygen atoms in total. The average Bonchev–Trinajstić information content (AvgIpc) is 2.81. The Morgan fingerprint density at radius 2 is 2.12 bits per heavy atom. The SMILES string of the molecule is CN(CC1CCCC1)c1cc(Cl)ccc1C=O. The van der Waals surface area contributed by atoms with Crippen LogP contribution in [-0.4, -0.2) is 19.9 Å². The summed E-state index contributed by atoms with van der Waals surface area (Å²) >= 11 is 5.99. The molecule has 2 rings (SSSR count). The van der Waals surface area contributed by atoms with Crippen LogP contribution in [-0.2, 0) is 0 Å². The van der Waals surface area contributed by atoms with E-state index in [4.69, 9.17) is 11.6 Å². The fourth-order valence-corrected chi connectivity index (χ4v) is 2.79. The zero-order valence-corrected chi connectivity index (χ0v) is 10.9. The van der Waals surface area contributed by atoms with Gasteiger partial charge in [0.25, 0.3) is 0 Å². The summed E-state index contributed by atoms with van der Waals surface area (Å²) < 4.78 is 0. The van der Waals surface area contributed by atoms with Gasteiger partial charge in [-0.15, -0.1) is 0 Å². The van der Waals surface area contributed by atoms with Gasteiger partial charge < -0.3 is 4.90 Å². The third-order valence-corrected chi connectivity index (χ3v) is 3.77. The summed E-state index contributed by atoms with van der Waals surface area (Å²) in [4.78, 5) is 13.2. The first-order valence-corrected chi connectivity index (χ1v) is 6.54. The maximum Gasteiger partial charge on any atom is 0.152 e. The highest BCUT2D eigenvalue weighted by atomic mass is 35.5. The van der Waals surface area contributed by atoms with Crippen molar-refractivity contribution in [2.24, 2.45) is 5.92 Å². The van der Waals surface area contributed by atoms with Gasteiger partial charge in [-0.3, -0.25) is 4.79 Å². The third-order valence-electron chi connectivity index (χ3n) is 3.54. The van der Waals surface area contributed by atoms with Gasteiger partial charge in [0.05, 0.1) is 0 Å². The lowest BCUT2D eigenvalue weighted by atomic mass is 10.1. The number of aldehydes is 1. The normalized spacial score (nSPS) is 16.1. The molecule has 0 aromatic heterocycles. The number of hydrogen-bond donors (Lipinski definition) is 0. The van der Waals surface area contributed by atoms with Crippen LogP contribution in [0.2, 0.25) is 5.02 Å². The smallest absolute Gasteiger partial charge is 0.152 e. The molecule has 0 atom stereocenters. The van der Waals surface area contributed by atoms with Crippen LogP contribution in [0.1, 0.15) is 36.0 Å². The average molecular weight is 252 g/mol. The molecule has 1 aromatic carbocycles. The Bertz CT molecular complexity index is 399. The molecule has 0 aliphatic heterocycles. The molecular weight excluding hydrogens is 234 g/mol. The second-order valence-electron chi connectivity index (χ2n) is 4.85. The number of benzene rings is 1. The van der Waals surface area contributed by atoms with Crippen molar-refractivity contribution in [3.63, 3.8) is 0 Å². The molecule has 0 unspecified atom stereocenters. The molecule has 0 amide bonds. The van der Waals surface area contributed by atoms with Crippen molar-refractivity contribution in [1.29, 1.82) is 0 Å². The molecule has 17 heavy (non-hydrogen) atoms. The molecule has 0 spiro atoms. The van der Waals surface area contributed by atoms with Gasteiger partial charge in [-0.05, 0) is 37.0 Å². The fraction of sp³-hybridized carbons (Fsp3) is 0.500. The quantitative estimate of drug-likeness (QED) is 0.759. The molecule has 0 saturated heterocycles. The molecule has 1 aromatic rings. The Labute approximate surface area is 108 Å². The maximum atomic E-state index is 11.0. The van der Waals surface area contributed by atoms with Gasteiger partial charge in [0.1, 0.15) is 0 Å². The molecule has 1 aliphatic carbocycles. The molecule has 1 aliphatic rings. The van der Waals surface area contributed by atoms with Crippen LogP contribution in [0.4, 0.5) is 5.69 Å². The highest BCUT2D eigenvalue weighted by Gasteiger charge is 2.18. The zero-order chi connectivity index (χ0) is 12.3. The van der Waals surface area contributed by atoms with E-state index in [1.807, 2.05) is 13.1 Å². The molecule has 0 radical (unpaired) electrons. The van der Waals surface area contributed by atoms with E-state index in [1.54, 1.807) is 12.1 Å². The zero-order valence-electron chi connectivity index (χ0n) is 10.2. The van der Waals surface area contributed by atoms with Gasteiger partial charge in [-0.1, -0.05) is 24.4 Å². The lowest BCUT2D eigenvalue weighted by molar-refractivity contribution is 0.112. The molecule has 0 heterocycles. The fourth-order valence-electron chi connectivity index (χ4n) is 2.63. The predicted octanol–water partition coefficient (Wildman–Crippen LogP) is 3.78. The minimum Gasteiger partial charge on any atom is -0.374 e. The van der Waals surface area contributed by atoms with E-state index in [0.717, 1.165) is 30.0 Å². The Kier molecular flexibility index (Phi) is 4.06. The number of carbonyl (C=O) groups is 1. The van der Waals surface area contributed by atoms with Crippen molar-refractivity contribution in [3.05, 3.63) is 28.8 Å². The first kappa shape index (κ1) is 12.4. The summed E-state index contributed by atoms with van der Waals surface area (Å²) in [5.41, 5.74) is 1.66. The molecular formula is C14H18ClNO. The summed E-state index contributed by atoms with van der Waals surface area (Å²) in [6.45, 7) is 1.02. The highest BCUT2D eigenvalue weighted by molar-refractivity contribution is 6.31. The van der Waals surface area contributed by atoms with Gasteiger partial charge in [-0.2, -0.15) is 0 Å². The predicted molar refractivity (Wildman–Crippen MR) is 72.1 cm³/mol. The van der Waals surface area contributed by atoms with Crippen LogP contribution in [0.5, 0.6) is 0 Å². The summed E-state index contributed by atoms with van der Waals surface area (Å²) in [6.07, 6.45) is 6.20. The van der Waals surface area contributed by atoms with Crippen LogP contribution in [0.3, 0.4) is 0 Å². The Morgan fingerprint density at radius 1 is 1.41 bits per heavy atom. The van der Waals surface area contributed by atoms with E-state index in [1.165, 1.54) is 25.7 Å². The van der Waals surface area contributed by atoms with E-state index in [2.05, 4.69) is 4.90 Å². The minimum atomic E-state index is 0.684. The number of carbonyl (C=O) groups excluding carboxylic acids is 1. The monoisotopic (exact) mass is 251 g/mol. The molecule has 1 fully saturated rings. The summed E-state index contributed by atoms with van der Waals surface area (Å²) in [6, 6.07) is 5.42. The van der Waals surface area contributed by atoms with Crippen molar-refractivity contribution in [3.8, 4) is 0 Å². The third kappa shape index (κ3) is 3.01. The van der Waals surface area contributed by atoms with Crippen molar-refractivity contribution in [2.45, 2.75) is 25.7 Å². The highest BCUT2D eigenvalue weighted by Crippen LogP contribution is 2.29. The van der Waals surface area contributed by atoms with Gasteiger partial charge in [0.15, 0.2) is 6.29 Å². The summed E-state index contributed by atoms with van der Waals surface area (Å²) in [5.74, 6) is 0.762. The van der Waals surface area contributed by atoms with E-state index in [0.29, 0.717) is 5.02 Å². The molecule has 92 valence electrons. The van der Waals surface area contributed by atoms with Crippen molar-refractivity contribution < 1.29 is 4.79 Å². The Morgan fingerprint density at radius 3 is 2.76 bits per heavy atom. The van der Waals surface area contributed by atoms with Crippen molar-refractivity contribution >= 4 is 23.6 Å². The van der Waals surface area contributed by atoms with Crippen LogP contribution in [0.25, 0.3) is 0 Å². The van der Waals surface area contributed by atoms with E-state index < -0.39 is 0 Å². The topological polar surface area (TPSA) is 20.3 Å². The van der Waals surface area contributed by atoms with Gasteiger partial charge in [0, 0.05) is 29.9 Å². The molecule has 0 N–H and O–H groups in total. The number of halogens is 1. The second-order valence-corrected chi connectivity index (χ2v) is 5.29. The second kappa shape index (κ2) is 5.54. The summed E-state index contributed by atoms with van der Waals surface area (Å²) in [7, 11) is 2.04. The molecule has 0 bridgehead atoms. The number of anilines is 1. The number of nitrogens with zero attached hydrogens (tertiary/aromatic N) is 1. The van der Waals surface area contributed by atoms with Gasteiger partial charge >= 0.3 is 0 Å².